The minimum absolute atomic E-state index is 0.250. The number of pyridine rings is 1. The largest absolute Gasteiger partial charge is 0.398 e. The summed E-state index contributed by atoms with van der Waals surface area (Å²) in [7, 11) is 0. The van der Waals surface area contributed by atoms with Gasteiger partial charge in [0.25, 0.3) is 0 Å². The van der Waals surface area contributed by atoms with E-state index in [-0.39, 0.29) is 6.04 Å². The molecule has 0 saturated heterocycles. The zero-order valence-corrected chi connectivity index (χ0v) is 13.4. The van der Waals surface area contributed by atoms with Crippen LogP contribution in [0.1, 0.15) is 29.7 Å². The highest BCUT2D eigenvalue weighted by atomic mass is 79.9. The van der Waals surface area contributed by atoms with Gasteiger partial charge in [0.15, 0.2) is 0 Å². The molecular formula is C16H20BrN3. The predicted molar refractivity (Wildman–Crippen MR) is 87.7 cm³/mol. The van der Waals surface area contributed by atoms with E-state index in [1.165, 1.54) is 11.1 Å². The number of hydrogen-bond donors (Lipinski definition) is 2. The molecule has 1 heterocycles. The lowest BCUT2D eigenvalue weighted by atomic mass is 9.95. The molecule has 0 aliphatic rings. The Labute approximate surface area is 128 Å². The molecule has 0 saturated carbocycles. The van der Waals surface area contributed by atoms with E-state index < -0.39 is 0 Å². The van der Waals surface area contributed by atoms with Crippen molar-refractivity contribution in [3.63, 3.8) is 0 Å². The molecule has 0 aliphatic heterocycles. The van der Waals surface area contributed by atoms with Crippen LogP contribution >= 0.6 is 15.9 Å². The normalized spacial score (nSPS) is 12.3. The van der Waals surface area contributed by atoms with E-state index in [0.717, 1.165) is 28.7 Å². The Balaban J connectivity index is 2.29. The van der Waals surface area contributed by atoms with Gasteiger partial charge < -0.3 is 11.1 Å². The molecule has 1 aromatic heterocycles. The molecule has 0 amide bonds. The average molecular weight is 334 g/mol. The van der Waals surface area contributed by atoms with Crippen LogP contribution in [0, 0.1) is 6.92 Å². The Kier molecular flexibility index (Phi) is 5.15. The van der Waals surface area contributed by atoms with Crippen molar-refractivity contribution in [1.82, 2.24) is 10.3 Å². The summed E-state index contributed by atoms with van der Waals surface area (Å²) < 4.78 is 1.11. The van der Waals surface area contributed by atoms with Gasteiger partial charge in [-0.05, 0) is 54.8 Å². The van der Waals surface area contributed by atoms with Crippen molar-refractivity contribution in [2.45, 2.75) is 26.3 Å². The summed E-state index contributed by atoms with van der Waals surface area (Å²) >= 11 is 3.51. The first-order valence-corrected chi connectivity index (χ1v) is 7.59. The fraction of sp³-hybridized carbons (Fsp3) is 0.312. The van der Waals surface area contributed by atoms with E-state index in [9.17, 15) is 0 Å². The molecule has 3 nitrogen and oxygen atoms in total. The number of nitrogens with zero attached hydrogens (tertiary/aromatic N) is 1. The standard InChI is InChI=1S/C16H20BrN3/c1-3-20-16(9-12-10-19-7-6-15(12)18)14-5-4-13(17)8-11(14)2/h4-8,10,16,20H,3,9H2,1-2H3,(H2,18,19). The second-order valence-corrected chi connectivity index (χ2v) is 5.81. The van der Waals surface area contributed by atoms with Crippen LogP contribution in [0.3, 0.4) is 0 Å². The van der Waals surface area contributed by atoms with Gasteiger partial charge in [0.1, 0.15) is 0 Å². The van der Waals surface area contributed by atoms with Crippen molar-refractivity contribution < 1.29 is 0 Å². The minimum atomic E-state index is 0.250. The molecule has 0 bridgehead atoms. The summed E-state index contributed by atoms with van der Waals surface area (Å²) in [6.45, 7) is 5.17. The van der Waals surface area contributed by atoms with Crippen molar-refractivity contribution in [2.24, 2.45) is 0 Å². The van der Waals surface area contributed by atoms with Crippen molar-refractivity contribution in [3.05, 3.63) is 57.8 Å². The number of nitrogens with two attached hydrogens (primary N) is 1. The van der Waals surface area contributed by atoms with Gasteiger partial charge in [0.2, 0.25) is 0 Å². The van der Waals surface area contributed by atoms with Crippen molar-refractivity contribution >= 4 is 21.6 Å². The van der Waals surface area contributed by atoms with Crippen LogP contribution in [-0.4, -0.2) is 11.5 Å². The zero-order valence-electron chi connectivity index (χ0n) is 11.9. The molecule has 1 unspecified atom stereocenters. The Bertz CT molecular complexity index is 584. The van der Waals surface area contributed by atoms with Gasteiger partial charge in [-0.25, -0.2) is 0 Å². The first kappa shape index (κ1) is 15.0. The van der Waals surface area contributed by atoms with E-state index in [0.29, 0.717) is 0 Å². The third-order valence-corrected chi connectivity index (χ3v) is 3.92. The van der Waals surface area contributed by atoms with Gasteiger partial charge in [0, 0.05) is 28.6 Å². The lowest BCUT2D eigenvalue weighted by molar-refractivity contribution is 0.547. The van der Waals surface area contributed by atoms with Crippen molar-refractivity contribution in [3.8, 4) is 0 Å². The third-order valence-electron chi connectivity index (χ3n) is 3.42. The maximum Gasteiger partial charge on any atom is 0.0378 e. The fourth-order valence-corrected chi connectivity index (χ4v) is 2.87. The lowest BCUT2D eigenvalue weighted by Gasteiger charge is -2.21. The minimum Gasteiger partial charge on any atom is -0.398 e. The number of benzene rings is 1. The van der Waals surface area contributed by atoms with Gasteiger partial charge in [-0.15, -0.1) is 0 Å². The SMILES string of the molecule is CCNC(Cc1cnccc1N)c1ccc(Br)cc1C. The fourth-order valence-electron chi connectivity index (χ4n) is 2.40. The Morgan fingerprint density at radius 3 is 2.80 bits per heavy atom. The van der Waals surface area contributed by atoms with Crippen molar-refractivity contribution in [1.29, 1.82) is 0 Å². The number of nitrogens with one attached hydrogen (secondary N) is 1. The smallest absolute Gasteiger partial charge is 0.0378 e. The third kappa shape index (κ3) is 3.58. The second-order valence-electron chi connectivity index (χ2n) is 4.89. The summed E-state index contributed by atoms with van der Waals surface area (Å²) in [5.41, 5.74) is 10.5. The van der Waals surface area contributed by atoms with Crippen molar-refractivity contribution in [2.75, 3.05) is 12.3 Å². The topological polar surface area (TPSA) is 50.9 Å². The summed E-state index contributed by atoms with van der Waals surface area (Å²) in [6, 6.07) is 8.50. The zero-order chi connectivity index (χ0) is 14.5. The Morgan fingerprint density at radius 2 is 2.15 bits per heavy atom. The van der Waals surface area contributed by atoms with E-state index in [2.05, 4.69) is 58.3 Å². The van der Waals surface area contributed by atoms with E-state index in [1.54, 1.807) is 6.20 Å². The van der Waals surface area contributed by atoms with Gasteiger partial charge in [-0.2, -0.15) is 0 Å². The molecular weight excluding hydrogens is 314 g/mol. The summed E-state index contributed by atoms with van der Waals surface area (Å²) in [4.78, 5) is 4.17. The predicted octanol–water partition coefficient (Wildman–Crippen LogP) is 3.63. The summed E-state index contributed by atoms with van der Waals surface area (Å²) in [5, 5.41) is 3.54. The van der Waals surface area contributed by atoms with Crippen LogP contribution in [0.5, 0.6) is 0 Å². The van der Waals surface area contributed by atoms with Gasteiger partial charge >= 0.3 is 0 Å². The molecule has 0 aliphatic carbocycles. The van der Waals surface area contributed by atoms with Crippen LogP contribution in [0.2, 0.25) is 0 Å². The molecule has 1 aromatic carbocycles. The molecule has 3 N–H and O–H groups in total. The van der Waals surface area contributed by atoms with Gasteiger partial charge in [0.05, 0.1) is 0 Å². The maximum atomic E-state index is 6.03. The Hall–Kier alpha value is -1.39. The van der Waals surface area contributed by atoms with E-state index >= 15 is 0 Å². The number of rotatable bonds is 5. The molecule has 20 heavy (non-hydrogen) atoms. The van der Waals surface area contributed by atoms with Gasteiger partial charge in [-0.1, -0.05) is 28.9 Å². The van der Waals surface area contributed by atoms with Gasteiger partial charge in [-0.3, -0.25) is 4.98 Å². The van der Waals surface area contributed by atoms with Crippen LogP contribution < -0.4 is 11.1 Å². The molecule has 106 valence electrons. The number of aryl methyl sites for hydroxylation is 1. The number of halogens is 1. The van der Waals surface area contributed by atoms with Crippen LogP contribution in [0.4, 0.5) is 5.69 Å². The first-order chi connectivity index (χ1) is 9.61. The van der Waals surface area contributed by atoms with E-state index in [1.807, 2.05) is 12.3 Å². The van der Waals surface area contributed by atoms with Crippen LogP contribution in [0.15, 0.2) is 41.1 Å². The lowest BCUT2D eigenvalue weighted by Crippen LogP contribution is -2.24. The average Bonchev–Trinajstić information content (AvgIpc) is 2.41. The summed E-state index contributed by atoms with van der Waals surface area (Å²) in [5.74, 6) is 0. The molecule has 0 spiro atoms. The molecule has 0 radical (unpaired) electrons. The number of hydrogen-bond acceptors (Lipinski definition) is 3. The molecule has 0 fully saturated rings. The first-order valence-electron chi connectivity index (χ1n) is 6.79. The number of aromatic nitrogens is 1. The maximum absolute atomic E-state index is 6.03. The van der Waals surface area contributed by atoms with Crippen LogP contribution in [-0.2, 0) is 6.42 Å². The highest BCUT2D eigenvalue weighted by Gasteiger charge is 2.15. The number of anilines is 1. The summed E-state index contributed by atoms with van der Waals surface area (Å²) in [6.07, 6.45) is 4.43. The molecule has 2 aromatic rings. The monoisotopic (exact) mass is 333 g/mol. The Morgan fingerprint density at radius 1 is 1.35 bits per heavy atom. The molecule has 1 atom stereocenters. The number of likely N-dealkylation sites (N-methyl/N-ethyl adjacent to an activating group) is 1. The molecule has 2 rings (SSSR count). The second kappa shape index (κ2) is 6.86. The quantitative estimate of drug-likeness (QED) is 0.878. The number of nitrogen functional groups attached to an aromatic ring is 1. The highest BCUT2D eigenvalue weighted by Crippen LogP contribution is 2.26. The molecule has 4 heteroatoms. The van der Waals surface area contributed by atoms with Crippen LogP contribution in [0.25, 0.3) is 0 Å². The van der Waals surface area contributed by atoms with E-state index in [4.69, 9.17) is 5.73 Å². The highest BCUT2D eigenvalue weighted by molar-refractivity contribution is 9.10.